The predicted molar refractivity (Wildman–Crippen MR) is 47.8 cm³/mol. The van der Waals surface area contributed by atoms with Crippen LogP contribution in [0.5, 0.6) is 0 Å². The molecule has 0 saturated carbocycles. The van der Waals surface area contributed by atoms with Crippen molar-refractivity contribution in [1.82, 2.24) is 0 Å². The molecule has 0 aromatic rings. The van der Waals surface area contributed by atoms with Crippen molar-refractivity contribution in [3.05, 3.63) is 0 Å². The average Bonchev–Trinajstić information content (AvgIpc) is 2.05. The fraction of sp³-hybridized carbons (Fsp3) is 0.750. The van der Waals surface area contributed by atoms with E-state index in [4.69, 9.17) is 5.21 Å². The van der Waals surface area contributed by atoms with Crippen molar-refractivity contribution < 1.29 is 5.21 Å². The summed E-state index contributed by atoms with van der Waals surface area (Å²) in [4.78, 5) is 4.21. The molecule has 0 bridgehead atoms. The molecule has 0 unspecified atom stereocenters. The van der Waals surface area contributed by atoms with Gasteiger partial charge in [-0.3, -0.25) is 4.99 Å². The summed E-state index contributed by atoms with van der Waals surface area (Å²) in [6, 6.07) is 0. The Morgan fingerprint density at radius 2 is 1.64 bits per heavy atom. The van der Waals surface area contributed by atoms with Crippen LogP contribution in [-0.4, -0.2) is 23.2 Å². The molecule has 0 atom stereocenters. The third-order valence-electron chi connectivity index (χ3n) is 1.47. The SMILES string of the molecule is CCN=C(CC)/C(CC)=N\O. The summed E-state index contributed by atoms with van der Waals surface area (Å²) in [5.41, 5.74) is 1.62. The first-order valence-electron chi connectivity index (χ1n) is 4.04. The van der Waals surface area contributed by atoms with Crippen molar-refractivity contribution in [2.24, 2.45) is 10.1 Å². The first-order chi connectivity index (χ1) is 5.29. The number of oxime groups is 1. The molecule has 0 aliphatic carbocycles. The van der Waals surface area contributed by atoms with Crippen LogP contribution in [0.1, 0.15) is 33.6 Å². The van der Waals surface area contributed by atoms with E-state index in [0.717, 1.165) is 25.1 Å². The Morgan fingerprint density at radius 3 is 1.91 bits per heavy atom. The van der Waals surface area contributed by atoms with Crippen LogP contribution in [0.15, 0.2) is 10.1 Å². The fourth-order valence-electron chi connectivity index (χ4n) is 0.930. The average molecular weight is 156 g/mol. The van der Waals surface area contributed by atoms with E-state index in [1.54, 1.807) is 0 Å². The van der Waals surface area contributed by atoms with Gasteiger partial charge in [0, 0.05) is 6.54 Å². The van der Waals surface area contributed by atoms with E-state index < -0.39 is 0 Å². The van der Waals surface area contributed by atoms with E-state index in [-0.39, 0.29) is 0 Å². The fourth-order valence-corrected chi connectivity index (χ4v) is 0.930. The lowest BCUT2D eigenvalue weighted by atomic mass is 10.1. The molecule has 0 heterocycles. The van der Waals surface area contributed by atoms with Crippen molar-refractivity contribution in [2.45, 2.75) is 33.6 Å². The van der Waals surface area contributed by atoms with Gasteiger partial charge in [-0.15, -0.1) is 0 Å². The minimum Gasteiger partial charge on any atom is -0.411 e. The normalized spacial score (nSPS) is 13.7. The molecule has 0 aromatic carbocycles. The number of hydrogen-bond donors (Lipinski definition) is 1. The van der Waals surface area contributed by atoms with Crippen molar-refractivity contribution in [3.8, 4) is 0 Å². The standard InChI is InChI=1S/C8H16N2O/c1-4-7(9-6-3)8(5-2)10-11/h11H,4-6H2,1-3H3/b9-7?,10-8-. The van der Waals surface area contributed by atoms with Crippen LogP contribution >= 0.6 is 0 Å². The van der Waals surface area contributed by atoms with Gasteiger partial charge < -0.3 is 5.21 Å². The van der Waals surface area contributed by atoms with Crippen molar-refractivity contribution >= 4 is 11.4 Å². The highest BCUT2D eigenvalue weighted by atomic mass is 16.4. The molecule has 11 heavy (non-hydrogen) atoms. The second kappa shape index (κ2) is 5.89. The highest BCUT2D eigenvalue weighted by Crippen LogP contribution is 1.95. The number of nitrogens with zero attached hydrogens (tertiary/aromatic N) is 2. The molecule has 0 aromatic heterocycles. The number of rotatable bonds is 4. The van der Waals surface area contributed by atoms with Crippen LogP contribution in [0.4, 0.5) is 0 Å². The molecule has 64 valence electrons. The molecule has 3 nitrogen and oxygen atoms in total. The van der Waals surface area contributed by atoms with Crippen LogP contribution in [0.25, 0.3) is 0 Å². The maximum Gasteiger partial charge on any atom is 0.100 e. The van der Waals surface area contributed by atoms with Crippen molar-refractivity contribution in [3.63, 3.8) is 0 Å². The maximum absolute atomic E-state index is 8.56. The third kappa shape index (κ3) is 3.16. The van der Waals surface area contributed by atoms with Crippen LogP contribution in [0, 0.1) is 0 Å². The van der Waals surface area contributed by atoms with Crippen LogP contribution < -0.4 is 0 Å². The van der Waals surface area contributed by atoms with Crippen LogP contribution in [-0.2, 0) is 0 Å². The monoisotopic (exact) mass is 156 g/mol. The zero-order valence-electron chi connectivity index (χ0n) is 7.46. The van der Waals surface area contributed by atoms with Gasteiger partial charge in [0.25, 0.3) is 0 Å². The Hall–Kier alpha value is -0.860. The van der Waals surface area contributed by atoms with Crippen LogP contribution in [0.2, 0.25) is 0 Å². The molecular formula is C8H16N2O. The molecule has 1 N–H and O–H groups in total. The summed E-state index contributed by atoms with van der Waals surface area (Å²) in [6.45, 7) is 6.69. The van der Waals surface area contributed by atoms with Gasteiger partial charge in [-0.05, 0) is 19.8 Å². The zero-order chi connectivity index (χ0) is 8.69. The summed E-state index contributed by atoms with van der Waals surface area (Å²) in [7, 11) is 0. The van der Waals surface area contributed by atoms with E-state index in [0.29, 0.717) is 5.71 Å². The van der Waals surface area contributed by atoms with E-state index in [1.165, 1.54) is 0 Å². The minimum absolute atomic E-state index is 0.703. The molecule has 0 spiro atoms. The van der Waals surface area contributed by atoms with E-state index >= 15 is 0 Å². The lowest BCUT2D eigenvalue weighted by Gasteiger charge is -2.01. The van der Waals surface area contributed by atoms with E-state index in [1.807, 2.05) is 20.8 Å². The Balaban J connectivity index is 4.35. The quantitative estimate of drug-likeness (QED) is 0.378. The smallest absolute Gasteiger partial charge is 0.100 e. The van der Waals surface area contributed by atoms with Gasteiger partial charge in [0.2, 0.25) is 0 Å². The molecule has 0 rings (SSSR count). The van der Waals surface area contributed by atoms with E-state index in [2.05, 4.69) is 10.1 Å². The Kier molecular flexibility index (Phi) is 5.43. The van der Waals surface area contributed by atoms with Gasteiger partial charge in [-0.1, -0.05) is 19.0 Å². The second-order valence-corrected chi connectivity index (χ2v) is 2.17. The molecule has 0 aliphatic heterocycles. The van der Waals surface area contributed by atoms with Gasteiger partial charge in [0.15, 0.2) is 0 Å². The third-order valence-corrected chi connectivity index (χ3v) is 1.47. The summed E-state index contributed by atoms with van der Waals surface area (Å²) >= 11 is 0. The maximum atomic E-state index is 8.56. The topological polar surface area (TPSA) is 45.0 Å². The largest absolute Gasteiger partial charge is 0.411 e. The predicted octanol–water partition coefficient (Wildman–Crippen LogP) is 2.10. The first-order valence-corrected chi connectivity index (χ1v) is 4.04. The van der Waals surface area contributed by atoms with Gasteiger partial charge >= 0.3 is 0 Å². The molecule has 0 saturated heterocycles. The molecule has 0 aliphatic rings. The van der Waals surface area contributed by atoms with Gasteiger partial charge in [-0.2, -0.15) is 0 Å². The van der Waals surface area contributed by atoms with E-state index in [9.17, 15) is 0 Å². The second-order valence-electron chi connectivity index (χ2n) is 2.17. The Labute approximate surface area is 67.8 Å². The summed E-state index contributed by atoms with van der Waals surface area (Å²) in [6.07, 6.45) is 1.57. The minimum atomic E-state index is 0.703. The molecule has 0 radical (unpaired) electrons. The number of aliphatic imine (C=N–C) groups is 1. The molecule has 0 fully saturated rings. The summed E-state index contributed by atoms with van der Waals surface area (Å²) in [5.74, 6) is 0. The summed E-state index contributed by atoms with van der Waals surface area (Å²) in [5, 5.41) is 11.7. The lowest BCUT2D eigenvalue weighted by Crippen LogP contribution is -2.12. The highest BCUT2D eigenvalue weighted by Gasteiger charge is 2.03. The van der Waals surface area contributed by atoms with Gasteiger partial charge in [-0.25, -0.2) is 0 Å². The Bertz CT molecular complexity index is 161. The molecule has 3 heteroatoms. The molecule has 0 amide bonds. The van der Waals surface area contributed by atoms with Gasteiger partial charge in [0.1, 0.15) is 5.71 Å². The highest BCUT2D eigenvalue weighted by molar-refractivity contribution is 6.42. The first kappa shape index (κ1) is 10.1. The van der Waals surface area contributed by atoms with Crippen LogP contribution in [0.3, 0.4) is 0 Å². The zero-order valence-corrected chi connectivity index (χ0v) is 7.46. The Morgan fingerprint density at radius 1 is 1.09 bits per heavy atom. The summed E-state index contributed by atoms with van der Waals surface area (Å²) < 4.78 is 0. The van der Waals surface area contributed by atoms with Crippen molar-refractivity contribution in [1.29, 1.82) is 0 Å². The van der Waals surface area contributed by atoms with Crippen molar-refractivity contribution in [2.75, 3.05) is 6.54 Å². The lowest BCUT2D eigenvalue weighted by molar-refractivity contribution is 0.319. The number of hydrogen-bond acceptors (Lipinski definition) is 3. The molecular weight excluding hydrogens is 140 g/mol. The van der Waals surface area contributed by atoms with Gasteiger partial charge in [0.05, 0.1) is 5.71 Å².